The molecule has 0 aromatic rings. The number of halogens is 3. The fourth-order valence-electron chi connectivity index (χ4n) is 4.02. The second-order valence-electron chi connectivity index (χ2n) is 7.04. The monoisotopic (exact) mass is 339 g/mol. The van der Waals surface area contributed by atoms with Gasteiger partial charge >= 0.3 is 6.18 Å². The maximum Gasteiger partial charge on any atom is 0.389 e. The Hall–Kier alpha value is -0.430. The van der Waals surface area contributed by atoms with Crippen LogP contribution in [0.5, 0.6) is 0 Å². The Bertz CT molecular complexity index is 428. The number of amides is 1. The van der Waals surface area contributed by atoms with E-state index in [2.05, 4.69) is 20.8 Å². The Morgan fingerprint density at radius 3 is 2.59 bits per heavy atom. The van der Waals surface area contributed by atoms with Gasteiger partial charge in [-0.25, -0.2) is 0 Å². The molecule has 128 valence electrons. The van der Waals surface area contributed by atoms with E-state index in [0.29, 0.717) is 11.7 Å². The van der Waals surface area contributed by atoms with Gasteiger partial charge in [-0.2, -0.15) is 17.5 Å². The molecule has 3 nitrogen and oxygen atoms in total. The van der Waals surface area contributed by atoms with Crippen molar-refractivity contribution in [1.29, 1.82) is 0 Å². The van der Waals surface area contributed by atoms with Gasteiger partial charge in [0.05, 0.1) is 23.8 Å². The highest BCUT2D eigenvalue weighted by atomic mass is 32.2. The van der Waals surface area contributed by atoms with Crippen LogP contribution >= 0.6 is 0 Å². The number of fused-ring (bicyclic) bond motifs is 1. The topological polar surface area (TPSA) is 43.4 Å². The third-order valence-electron chi connectivity index (χ3n) is 5.35. The first-order valence-electron chi connectivity index (χ1n) is 7.85. The van der Waals surface area contributed by atoms with E-state index in [4.69, 9.17) is 0 Å². The number of nitrogens with zero attached hydrogens (tertiary/aromatic N) is 1. The smallest absolute Gasteiger partial charge is 0.389 e. The molecule has 7 heteroatoms. The molecule has 2 fully saturated rings. The van der Waals surface area contributed by atoms with Crippen LogP contribution in [0.15, 0.2) is 0 Å². The molecule has 1 saturated carbocycles. The zero-order chi connectivity index (χ0) is 16.7. The van der Waals surface area contributed by atoms with E-state index in [9.17, 15) is 22.5 Å². The summed E-state index contributed by atoms with van der Waals surface area (Å²) in [5.41, 5.74) is -0.0185. The largest absolute Gasteiger partial charge is 0.593 e. The second kappa shape index (κ2) is 6.23. The zero-order valence-electron chi connectivity index (χ0n) is 13.3. The Labute approximate surface area is 132 Å². The van der Waals surface area contributed by atoms with E-state index in [1.54, 1.807) is 0 Å². The van der Waals surface area contributed by atoms with Gasteiger partial charge in [0.2, 0.25) is 0 Å². The molecule has 0 bridgehead atoms. The van der Waals surface area contributed by atoms with Crippen molar-refractivity contribution in [3.05, 3.63) is 0 Å². The zero-order valence-corrected chi connectivity index (χ0v) is 14.1. The lowest BCUT2D eigenvalue weighted by Gasteiger charge is -2.30. The first-order valence-corrected chi connectivity index (χ1v) is 9.12. The number of carbonyl (C=O) groups is 1. The summed E-state index contributed by atoms with van der Waals surface area (Å²) < 4.78 is 50.4. The number of carbonyl (C=O) groups excluding carboxylic acids is 1. The Kier molecular flexibility index (Phi) is 5.07. The van der Waals surface area contributed by atoms with Crippen LogP contribution < -0.4 is 0 Å². The van der Waals surface area contributed by atoms with Crippen molar-refractivity contribution in [2.24, 2.45) is 17.3 Å². The van der Waals surface area contributed by atoms with Gasteiger partial charge in [0.1, 0.15) is 5.75 Å². The highest BCUT2D eigenvalue weighted by Crippen LogP contribution is 2.55. The Morgan fingerprint density at radius 2 is 2.05 bits per heavy atom. The highest BCUT2D eigenvalue weighted by Gasteiger charge is 2.60. The quantitative estimate of drug-likeness (QED) is 0.734. The highest BCUT2D eigenvalue weighted by molar-refractivity contribution is 7.89. The van der Waals surface area contributed by atoms with Crippen molar-refractivity contribution >= 4 is 17.3 Å². The molecule has 1 aliphatic carbocycles. The van der Waals surface area contributed by atoms with Crippen molar-refractivity contribution in [1.82, 2.24) is 4.31 Å². The molecular weight excluding hydrogens is 315 g/mol. The first-order chi connectivity index (χ1) is 10.1. The van der Waals surface area contributed by atoms with Crippen LogP contribution in [0, 0.1) is 17.3 Å². The van der Waals surface area contributed by atoms with Crippen LogP contribution in [0.2, 0.25) is 0 Å². The summed E-state index contributed by atoms with van der Waals surface area (Å²) in [5.74, 6) is 0.342. The van der Waals surface area contributed by atoms with Gasteiger partial charge in [-0.3, -0.25) is 4.79 Å². The third kappa shape index (κ3) is 3.40. The fraction of sp³-hybridized carbons (Fsp3) is 0.933. The molecule has 0 aromatic heterocycles. The SMILES string of the molecule is CCCC1CC2[C@H](C[S+]([O-])N2C(=O)CCC(F)(F)F)C1(C)C. The molecule has 0 N–H and O–H groups in total. The first kappa shape index (κ1) is 17.9. The van der Waals surface area contributed by atoms with Crippen LogP contribution in [0.3, 0.4) is 0 Å². The summed E-state index contributed by atoms with van der Waals surface area (Å²) in [7, 11) is 0. The van der Waals surface area contributed by atoms with Gasteiger partial charge < -0.3 is 4.55 Å². The number of alkyl halides is 3. The molecule has 0 spiro atoms. The fourth-order valence-corrected chi connectivity index (χ4v) is 6.00. The molecular formula is C15H24F3NO2S. The summed E-state index contributed by atoms with van der Waals surface area (Å²) in [6, 6.07) is -0.159. The maximum atomic E-state index is 12.3. The lowest BCUT2D eigenvalue weighted by Crippen LogP contribution is -2.39. The van der Waals surface area contributed by atoms with Crippen LogP contribution in [-0.4, -0.2) is 32.7 Å². The van der Waals surface area contributed by atoms with E-state index in [1.807, 2.05) is 0 Å². The molecule has 1 amide bonds. The molecule has 2 rings (SSSR count). The summed E-state index contributed by atoms with van der Waals surface area (Å²) in [5, 5.41) is 0. The summed E-state index contributed by atoms with van der Waals surface area (Å²) >= 11 is -1.48. The van der Waals surface area contributed by atoms with Gasteiger partial charge in [0.15, 0.2) is 0 Å². The van der Waals surface area contributed by atoms with E-state index in [1.165, 1.54) is 4.31 Å². The van der Waals surface area contributed by atoms with Crippen LogP contribution in [-0.2, 0) is 16.2 Å². The van der Waals surface area contributed by atoms with Gasteiger partial charge in [-0.15, -0.1) is 0 Å². The van der Waals surface area contributed by atoms with Crippen molar-refractivity contribution in [2.75, 3.05) is 5.75 Å². The molecule has 1 aliphatic heterocycles. The molecule has 2 aliphatic rings. The Balaban J connectivity index is 2.09. The number of rotatable bonds is 4. The molecule has 22 heavy (non-hydrogen) atoms. The lowest BCUT2D eigenvalue weighted by molar-refractivity contribution is -0.147. The summed E-state index contributed by atoms with van der Waals surface area (Å²) in [6.07, 6.45) is -3.25. The summed E-state index contributed by atoms with van der Waals surface area (Å²) in [4.78, 5) is 12.2. The van der Waals surface area contributed by atoms with Gasteiger partial charge in [0.25, 0.3) is 5.91 Å². The van der Waals surface area contributed by atoms with Gasteiger partial charge in [-0.05, 0) is 17.8 Å². The molecule has 4 atom stereocenters. The van der Waals surface area contributed by atoms with Crippen molar-refractivity contribution in [3.63, 3.8) is 0 Å². The van der Waals surface area contributed by atoms with Crippen LogP contribution in [0.1, 0.15) is 52.9 Å². The predicted molar refractivity (Wildman–Crippen MR) is 79.2 cm³/mol. The molecule has 0 aromatic carbocycles. The van der Waals surface area contributed by atoms with Crippen molar-refractivity contribution in [3.8, 4) is 0 Å². The molecule has 0 radical (unpaired) electrons. The molecule has 1 saturated heterocycles. The minimum atomic E-state index is -4.35. The van der Waals surface area contributed by atoms with Crippen LogP contribution in [0.4, 0.5) is 13.2 Å². The van der Waals surface area contributed by atoms with E-state index in [0.717, 1.165) is 19.3 Å². The Morgan fingerprint density at radius 1 is 1.41 bits per heavy atom. The average Bonchev–Trinajstić information content (AvgIpc) is 2.82. The second-order valence-corrected chi connectivity index (χ2v) is 8.41. The van der Waals surface area contributed by atoms with Crippen LogP contribution in [0.25, 0.3) is 0 Å². The summed E-state index contributed by atoms with van der Waals surface area (Å²) in [6.45, 7) is 6.38. The molecule has 1 heterocycles. The van der Waals surface area contributed by atoms with Crippen molar-refractivity contribution < 1.29 is 22.5 Å². The standard InChI is InChI=1S/C15H24F3NO2S/c1-4-5-10-8-12-11(14(10,2)3)9-22(21)19(12)13(20)6-7-15(16,17)18/h10-12H,4-9H2,1-3H3/t10?,11-,12?,22?/m0/s1. The van der Waals surface area contributed by atoms with Crippen molar-refractivity contribution in [2.45, 2.75) is 65.1 Å². The van der Waals surface area contributed by atoms with E-state index < -0.39 is 36.3 Å². The number of hydrogen-bond donors (Lipinski definition) is 0. The predicted octanol–water partition coefficient (Wildman–Crippen LogP) is 3.67. The third-order valence-corrected chi connectivity index (χ3v) is 6.90. The maximum absolute atomic E-state index is 12.3. The van der Waals surface area contributed by atoms with Gasteiger partial charge in [0, 0.05) is 12.3 Å². The minimum Gasteiger partial charge on any atom is -0.593 e. The number of hydrogen-bond acceptors (Lipinski definition) is 2. The molecule has 3 unspecified atom stereocenters. The average molecular weight is 339 g/mol. The normalized spacial score (nSPS) is 34.0. The van der Waals surface area contributed by atoms with E-state index in [-0.39, 0.29) is 17.4 Å². The van der Waals surface area contributed by atoms with Gasteiger partial charge in [-0.1, -0.05) is 33.6 Å². The lowest BCUT2D eigenvalue weighted by atomic mass is 9.74. The minimum absolute atomic E-state index is 0.0185. The van der Waals surface area contributed by atoms with E-state index >= 15 is 0 Å².